The molecule has 4 nitrogen and oxygen atoms in total. The van der Waals surface area contributed by atoms with Gasteiger partial charge in [0, 0.05) is 76.7 Å². The van der Waals surface area contributed by atoms with Gasteiger partial charge in [-0.15, -0.1) is 0 Å². The molecule has 0 unspecified atom stereocenters. The van der Waals surface area contributed by atoms with Crippen molar-refractivity contribution in [1.82, 2.24) is 0 Å². The van der Waals surface area contributed by atoms with Crippen LogP contribution in [0, 0.1) is 0 Å². The summed E-state index contributed by atoms with van der Waals surface area (Å²) in [4.78, 5) is 4.26. The summed E-state index contributed by atoms with van der Waals surface area (Å²) in [6, 6.07) is 8.70. The van der Waals surface area contributed by atoms with Crippen LogP contribution >= 0.6 is 0 Å². The lowest BCUT2D eigenvalue weighted by atomic mass is 10.2. The largest absolute Gasteiger partial charge is 0.377 e. The molecular weight excluding hydrogens is 296 g/mol. The maximum Gasteiger partial charge on any atom is 0.170 e. The van der Waals surface area contributed by atoms with Crippen LogP contribution in [-0.4, -0.2) is 28.2 Å². The van der Waals surface area contributed by atoms with Gasteiger partial charge >= 0.3 is 0 Å². The number of hydrogen-bond acceptors (Lipinski definition) is 2. The van der Waals surface area contributed by atoms with Crippen LogP contribution in [0.1, 0.15) is 25.7 Å². The van der Waals surface area contributed by atoms with E-state index in [1.165, 1.54) is 37.1 Å². The fraction of sp³-hybridized carbons (Fsp3) is 0.500. The van der Waals surface area contributed by atoms with E-state index in [0.717, 1.165) is 13.1 Å². The lowest BCUT2D eigenvalue weighted by Gasteiger charge is -2.10. The van der Waals surface area contributed by atoms with E-state index in [4.69, 9.17) is 0 Å². The Hall–Kier alpha value is -2.10. The third-order valence-corrected chi connectivity index (χ3v) is 4.36. The summed E-state index contributed by atoms with van der Waals surface area (Å²) in [6.45, 7) is 2.22. The average Bonchev–Trinajstić information content (AvgIpc) is 2.58. The van der Waals surface area contributed by atoms with E-state index < -0.39 is 0 Å². The molecule has 0 amide bonds. The Bertz CT molecular complexity index is 533. The number of hydrogen-bond donors (Lipinski definition) is 0. The fourth-order valence-electron chi connectivity index (χ4n) is 2.74. The summed E-state index contributed by atoms with van der Waals surface area (Å²) < 4.78 is 4.56. The normalized spacial score (nSPS) is 10.7. The standard InChI is InChI=1S/C20H32N4/c1-21(2)19-9-15-23(16-10-19)13-7-5-6-8-14-24-17-11-20(12-18-24)22(3)4/h9-12,15-18H,5-8,13-14H2,1-4H3/q+2. The highest BCUT2D eigenvalue weighted by Gasteiger charge is 2.04. The first kappa shape index (κ1) is 18.2. The molecular formula is C20H32N4+2. The smallest absolute Gasteiger partial charge is 0.170 e. The molecule has 4 heteroatoms. The van der Waals surface area contributed by atoms with E-state index in [1.54, 1.807) is 0 Å². The predicted molar refractivity (Wildman–Crippen MR) is 100 cm³/mol. The van der Waals surface area contributed by atoms with Gasteiger partial charge in [-0.25, -0.2) is 9.13 Å². The first-order valence-electron chi connectivity index (χ1n) is 8.89. The number of aryl methyl sites for hydroxylation is 2. The van der Waals surface area contributed by atoms with Crippen molar-refractivity contribution in [3.63, 3.8) is 0 Å². The van der Waals surface area contributed by atoms with E-state index in [-0.39, 0.29) is 0 Å². The molecule has 24 heavy (non-hydrogen) atoms. The van der Waals surface area contributed by atoms with Crippen LogP contribution in [0.3, 0.4) is 0 Å². The van der Waals surface area contributed by atoms with Gasteiger partial charge in [0.2, 0.25) is 0 Å². The molecule has 2 aromatic heterocycles. The van der Waals surface area contributed by atoms with Crippen molar-refractivity contribution in [3.05, 3.63) is 49.1 Å². The van der Waals surface area contributed by atoms with Gasteiger partial charge in [0.25, 0.3) is 0 Å². The van der Waals surface area contributed by atoms with E-state index >= 15 is 0 Å². The first-order valence-corrected chi connectivity index (χ1v) is 8.89. The monoisotopic (exact) mass is 328 g/mol. The molecule has 0 radical (unpaired) electrons. The number of nitrogens with zero attached hydrogens (tertiary/aromatic N) is 4. The highest BCUT2D eigenvalue weighted by Crippen LogP contribution is 2.07. The molecule has 0 atom stereocenters. The summed E-state index contributed by atoms with van der Waals surface area (Å²) in [6.07, 6.45) is 13.8. The van der Waals surface area contributed by atoms with Crippen molar-refractivity contribution in [2.24, 2.45) is 0 Å². The fourth-order valence-corrected chi connectivity index (χ4v) is 2.74. The van der Waals surface area contributed by atoms with Crippen molar-refractivity contribution < 1.29 is 9.13 Å². The van der Waals surface area contributed by atoms with E-state index in [2.05, 4.69) is 96.2 Å². The summed E-state index contributed by atoms with van der Waals surface area (Å²) >= 11 is 0. The van der Waals surface area contributed by atoms with Crippen LogP contribution in [0.4, 0.5) is 11.4 Å². The maximum atomic E-state index is 2.28. The Labute approximate surface area is 147 Å². The minimum absolute atomic E-state index is 1.11. The molecule has 2 rings (SSSR count). The molecule has 0 aliphatic rings. The number of aromatic nitrogens is 2. The van der Waals surface area contributed by atoms with Gasteiger partial charge in [-0.3, -0.25) is 0 Å². The molecule has 2 aromatic rings. The molecule has 0 fully saturated rings. The van der Waals surface area contributed by atoms with Crippen LogP contribution in [-0.2, 0) is 13.1 Å². The first-order chi connectivity index (χ1) is 11.6. The predicted octanol–water partition coefficient (Wildman–Crippen LogP) is 2.65. The number of anilines is 2. The zero-order valence-electron chi connectivity index (χ0n) is 15.7. The highest BCUT2D eigenvalue weighted by molar-refractivity contribution is 5.41. The van der Waals surface area contributed by atoms with Gasteiger partial charge in [0.05, 0.1) is 0 Å². The van der Waals surface area contributed by atoms with Gasteiger partial charge in [-0.1, -0.05) is 0 Å². The summed E-state index contributed by atoms with van der Waals surface area (Å²) in [5.74, 6) is 0. The Morgan fingerprint density at radius 1 is 0.583 bits per heavy atom. The number of pyridine rings is 2. The minimum atomic E-state index is 1.11. The van der Waals surface area contributed by atoms with Gasteiger partial charge in [-0.05, 0) is 12.8 Å². The summed E-state index contributed by atoms with van der Waals surface area (Å²) in [5, 5.41) is 0. The third-order valence-electron chi connectivity index (χ3n) is 4.36. The maximum absolute atomic E-state index is 2.28. The molecule has 0 bridgehead atoms. The van der Waals surface area contributed by atoms with E-state index in [9.17, 15) is 0 Å². The quantitative estimate of drug-likeness (QED) is 0.519. The van der Waals surface area contributed by atoms with Crippen molar-refractivity contribution >= 4 is 11.4 Å². The van der Waals surface area contributed by atoms with Crippen LogP contribution in [0.15, 0.2) is 49.1 Å². The molecule has 0 saturated carbocycles. The van der Waals surface area contributed by atoms with Gasteiger partial charge in [0.1, 0.15) is 13.1 Å². The van der Waals surface area contributed by atoms with E-state index in [1.807, 2.05) is 0 Å². The molecule has 0 aromatic carbocycles. The van der Waals surface area contributed by atoms with Gasteiger partial charge < -0.3 is 9.80 Å². The minimum Gasteiger partial charge on any atom is -0.377 e. The lowest BCUT2D eigenvalue weighted by Crippen LogP contribution is -2.33. The number of unbranched alkanes of at least 4 members (excludes halogenated alkanes) is 3. The van der Waals surface area contributed by atoms with Crippen molar-refractivity contribution in [2.75, 3.05) is 38.0 Å². The van der Waals surface area contributed by atoms with Crippen molar-refractivity contribution in [2.45, 2.75) is 38.8 Å². The Morgan fingerprint density at radius 2 is 0.917 bits per heavy atom. The molecule has 0 saturated heterocycles. The molecule has 0 aliphatic carbocycles. The number of rotatable bonds is 9. The highest BCUT2D eigenvalue weighted by atomic mass is 15.1. The average molecular weight is 329 g/mol. The van der Waals surface area contributed by atoms with Crippen LogP contribution in [0.2, 0.25) is 0 Å². The second-order valence-electron chi connectivity index (χ2n) is 6.79. The zero-order valence-corrected chi connectivity index (χ0v) is 15.7. The Kier molecular flexibility index (Phi) is 7.04. The topological polar surface area (TPSA) is 14.2 Å². The van der Waals surface area contributed by atoms with Gasteiger partial charge in [-0.2, -0.15) is 0 Å². The second-order valence-corrected chi connectivity index (χ2v) is 6.79. The zero-order chi connectivity index (χ0) is 17.4. The van der Waals surface area contributed by atoms with Crippen LogP contribution in [0.5, 0.6) is 0 Å². The molecule has 2 heterocycles. The van der Waals surface area contributed by atoms with Crippen molar-refractivity contribution in [3.8, 4) is 0 Å². The Balaban J connectivity index is 1.61. The van der Waals surface area contributed by atoms with Crippen LogP contribution < -0.4 is 18.9 Å². The molecule has 0 N–H and O–H groups in total. The molecule has 0 spiro atoms. The Morgan fingerprint density at radius 3 is 1.21 bits per heavy atom. The summed E-state index contributed by atoms with van der Waals surface area (Å²) in [7, 11) is 8.30. The SMILES string of the molecule is CN(C)c1cc[n+](CCCCCC[n+]2ccc(N(C)C)cc2)cc1. The summed E-state index contributed by atoms with van der Waals surface area (Å²) in [5.41, 5.74) is 2.51. The second kappa shape index (κ2) is 9.26. The third kappa shape index (κ3) is 5.84. The molecule has 0 aliphatic heterocycles. The van der Waals surface area contributed by atoms with Crippen LogP contribution in [0.25, 0.3) is 0 Å². The molecule has 130 valence electrons. The van der Waals surface area contributed by atoms with E-state index in [0.29, 0.717) is 0 Å². The van der Waals surface area contributed by atoms with Gasteiger partial charge in [0.15, 0.2) is 24.8 Å². The lowest BCUT2D eigenvalue weighted by molar-refractivity contribution is -0.698. The van der Waals surface area contributed by atoms with Crippen molar-refractivity contribution in [1.29, 1.82) is 0 Å².